The van der Waals surface area contributed by atoms with E-state index in [1.165, 1.54) is 12.1 Å². The molecule has 0 atom stereocenters. The van der Waals surface area contributed by atoms with Crippen LogP contribution in [0.5, 0.6) is 0 Å². The summed E-state index contributed by atoms with van der Waals surface area (Å²) in [5, 5.41) is 6.30. The molecule has 5 nitrogen and oxygen atoms in total. The molecule has 2 aromatic carbocycles. The average Bonchev–Trinajstić information content (AvgIpc) is 2.66. The molecule has 3 rings (SSSR count). The third kappa shape index (κ3) is 4.68. The Morgan fingerprint density at radius 2 is 1.88 bits per heavy atom. The molecule has 0 aliphatic carbocycles. The smallest absolute Gasteiger partial charge is 0.229 e. The molecule has 134 valence electrons. The van der Waals surface area contributed by atoms with Crippen LogP contribution in [0.15, 0.2) is 54.6 Å². The van der Waals surface area contributed by atoms with E-state index >= 15 is 0 Å². The Morgan fingerprint density at radius 3 is 2.62 bits per heavy atom. The van der Waals surface area contributed by atoms with Gasteiger partial charge in [0.1, 0.15) is 11.6 Å². The van der Waals surface area contributed by atoms with E-state index in [-0.39, 0.29) is 5.02 Å². The van der Waals surface area contributed by atoms with Crippen molar-refractivity contribution in [1.29, 1.82) is 0 Å². The van der Waals surface area contributed by atoms with Crippen molar-refractivity contribution < 1.29 is 9.13 Å². The van der Waals surface area contributed by atoms with Crippen molar-refractivity contribution in [2.45, 2.75) is 0 Å². The Kier molecular flexibility index (Phi) is 5.99. The zero-order valence-corrected chi connectivity index (χ0v) is 14.9. The van der Waals surface area contributed by atoms with E-state index in [1.807, 2.05) is 36.4 Å². The first-order chi connectivity index (χ1) is 12.7. The van der Waals surface area contributed by atoms with Crippen LogP contribution >= 0.6 is 11.6 Å². The van der Waals surface area contributed by atoms with Crippen LogP contribution in [0.3, 0.4) is 0 Å². The molecule has 1 aromatic heterocycles. The third-order valence-electron chi connectivity index (χ3n) is 3.58. The van der Waals surface area contributed by atoms with Crippen LogP contribution in [0.1, 0.15) is 0 Å². The van der Waals surface area contributed by atoms with E-state index in [9.17, 15) is 4.39 Å². The normalized spacial score (nSPS) is 10.6. The largest absolute Gasteiger partial charge is 0.383 e. The van der Waals surface area contributed by atoms with Crippen molar-refractivity contribution in [3.05, 3.63) is 65.4 Å². The monoisotopic (exact) mass is 372 g/mol. The van der Waals surface area contributed by atoms with Crippen LogP contribution in [0.4, 0.5) is 21.8 Å². The number of methoxy groups -OCH3 is 1. The highest BCUT2D eigenvalue weighted by Gasteiger charge is 2.08. The molecule has 0 radical (unpaired) electrons. The highest BCUT2D eigenvalue weighted by Crippen LogP contribution is 2.25. The Balaban J connectivity index is 1.91. The van der Waals surface area contributed by atoms with Gasteiger partial charge in [0.05, 0.1) is 17.3 Å². The standard InChI is InChI=1S/C19H18ClFN4O/c1-26-10-9-22-18-12-17(13-5-3-2-4-6-13)24-19(25-18)23-14-7-8-16(21)15(20)11-14/h2-8,11-12H,9-10H2,1H3,(H2,22,23,24,25). The van der Waals surface area contributed by atoms with E-state index in [1.54, 1.807) is 13.2 Å². The van der Waals surface area contributed by atoms with Crippen LogP contribution < -0.4 is 10.6 Å². The summed E-state index contributed by atoms with van der Waals surface area (Å²) < 4.78 is 18.4. The maximum absolute atomic E-state index is 13.3. The van der Waals surface area contributed by atoms with Gasteiger partial charge in [-0.3, -0.25) is 0 Å². The highest BCUT2D eigenvalue weighted by atomic mass is 35.5. The number of hydrogen-bond donors (Lipinski definition) is 2. The molecule has 0 aliphatic heterocycles. The Hall–Kier alpha value is -2.70. The first-order valence-electron chi connectivity index (χ1n) is 8.05. The van der Waals surface area contributed by atoms with Crippen molar-refractivity contribution in [2.75, 3.05) is 30.9 Å². The molecule has 0 unspecified atom stereocenters. The molecule has 0 spiro atoms. The zero-order valence-electron chi connectivity index (χ0n) is 14.2. The summed E-state index contributed by atoms with van der Waals surface area (Å²) in [4.78, 5) is 9.00. The summed E-state index contributed by atoms with van der Waals surface area (Å²) in [7, 11) is 1.64. The predicted octanol–water partition coefficient (Wildman–Crippen LogP) is 4.74. The molecule has 26 heavy (non-hydrogen) atoms. The second kappa shape index (κ2) is 8.60. The Morgan fingerprint density at radius 1 is 1.08 bits per heavy atom. The SMILES string of the molecule is COCCNc1cc(-c2ccccc2)nc(Nc2ccc(F)c(Cl)c2)n1. The lowest BCUT2D eigenvalue weighted by atomic mass is 10.1. The fraction of sp³-hybridized carbons (Fsp3) is 0.158. The summed E-state index contributed by atoms with van der Waals surface area (Å²) >= 11 is 5.84. The van der Waals surface area contributed by atoms with Crippen LogP contribution in [-0.2, 0) is 4.74 Å². The van der Waals surface area contributed by atoms with Gasteiger partial charge in [0.25, 0.3) is 0 Å². The molecule has 7 heteroatoms. The van der Waals surface area contributed by atoms with Crippen molar-refractivity contribution in [1.82, 2.24) is 9.97 Å². The number of hydrogen-bond acceptors (Lipinski definition) is 5. The second-order valence-electron chi connectivity index (χ2n) is 5.50. The zero-order chi connectivity index (χ0) is 18.4. The molecule has 0 saturated carbocycles. The minimum atomic E-state index is -0.474. The molecule has 0 amide bonds. The van der Waals surface area contributed by atoms with Crippen molar-refractivity contribution in [2.24, 2.45) is 0 Å². The number of ether oxygens (including phenoxy) is 1. The average molecular weight is 373 g/mol. The predicted molar refractivity (Wildman–Crippen MR) is 103 cm³/mol. The summed E-state index contributed by atoms with van der Waals surface area (Å²) in [6.07, 6.45) is 0. The van der Waals surface area contributed by atoms with Gasteiger partial charge in [0.15, 0.2) is 0 Å². The van der Waals surface area contributed by atoms with Crippen LogP contribution in [0, 0.1) is 5.82 Å². The third-order valence-corrected chi connectivity index (χ3v) is 3.87. The van der Waals surface area contributed by atoms with Gasteiger partial charge in [-0.1, -0.05) is 41.9 Å². The van der Waals surface area contributed by atoms with Crippen molar-refractivity contribution in [3.8, 4) is 11.3 Å². The van der Waals surface area contributed by atoms with Gasteiger partial charge < -0.3 is 15.4 Å². The minimum Gasteiger partial charge on any atom is -0.383 e. The van der Waals surface area contributed by atoms with Crippen molar-refractivity contribution in [3.63, 3.8) is 0 Å². The molecule has 0 aliphatic rings. The maximum Gasteiger partial charge on any atom is 0.229 e. The molecule has 3 aromatic rings. The topological polar surface area (TPSA) is 59.1 Å². The fourth-order valence-corrected chi connectivity index (χ4v) is 2.52. The number of rotatable bonds is 7. The van der Waals surface area contributed by atoms with Gasteiger partial charge in [-0.15, -0.1) is 0 Å². The first kappa shape index (κ1) is 18.1. The lowest BCUT2D eigenvalue weighted by Gasteiger charge is -2.11. The van der Waals surface area contributed by atoms with Crippen molar-refractivity contribution >= 4 is 29.1 Å². The Bertz CT molecular complexity index is 877. The molecule has 0 fully saturated rings. The summed E-state index contributed by atoms with van der Waals surface area (Å²) in [6.45, 7) is 1.17. The highest BCUT2D eigenvalue weighted by molar-refractivity contribution is 6.31. The number of halogens is 2. The number of anilines is 3. The van der Waals surface area contributed by atoms with E-state index in [2.05, 4.69) is 20.6 Å². The van der Waals surface area contributed by atoms with Crippen LogP contribution in [0.25, 0.3) is 11.3 Å². The molecule has 0 bridgehead atoms. The van der Waals surface area contributed by atoms with Gasteiger partial charge in [-0.05, 0) is 18.2 Å². The van der Waals surface area contributed by atoms with Gasteiger partial charge in [0, 0.05) is 31.0 Å². The van der Waals surface area contributed by atoms with Crippen LogP contribution in [0.2, 0.25) is 5.02 Å². The van der Waals surface area contributed by atoms with E-state index in [0.717, 1.165) is 11.3 Å². The van der Waals surface area contributed by atoms with Gasteiger partial charge in [0.2, 0.25) is 5.95 Å². The van der Waals surface area contributed by atoms with E-state index in [4.69, 9.17) is 16.3 Å². The fourth-order valence-electron chi connectivity index (χ4n) is 2.33. The quantitative estimate of drug-likeness (QED) is 0.587. The summed E-state index contributed by atoms with van der Waals surface area (Å²) in [5.41, 5.74) is 2.32. The summed E-state index contributed by atoms with van der Waals surface area (Å²) in [5.74, 6) is 0.568. The van der Waals surface area contributed by atoms with Gasteiger partial charge in [-0.2, -0.15) is 4.98 Å². The second-order valence-corrected chi connectivity index (χ2v) is 5.91. The Labute approximate surface area is 156 Å². The first-order valence-corrected chi connectivity index (χ1v) is 8.43. The number of aromatic nitrogens is 2. The van der Waals surface area contributed by atoms with E-state index < -0.39 is 5.82 Å². The lowest BCUT2D eigenvalue weighted by Crippen LogP contribution is -2.10. The van der Waals surface area contributed by atoms with Gasteiger partial charge >= 0.3 is 0 Å². The lowest BCUT2D eigenvalue weighted by molar-refractivity contribution is 0.210. The molecule has 1 heterocycles. The molecule has 2 N–H and O–H groups in total. The molecule has 0 saturated heterocycles. The van der Waals surface area contributed by atoms with E-state index in [0.29, 0.717) is 30.6 Å². The molecular formula is C19H18ClFN4O. The number of nitrogens with one attached hydrogen (secondary N) is 2. The van der Waals surface area contributed by atoms with Gasteiger partial charge in [-0.25, -0.2) is 9.37 Å². The van der Waals surface area contributed by atoms with Crippen LogP contribution in [-0.4, -0.2) is 30.2 Å². The minimum absolute atomic E-state index is 0.0349. The summed E-state index contributed by atoms with van der Waals surface area (Å²) in [6, 6.07) is 16.0. The molecular weight excluding hydrogens is 355 g/mol. The number of nitrogens with zero attached hydrogens (tertiary/aromatic N) is 2. The number of benzene rings is 2. The maximum atomic E-state index is 13.3.